The Labute approximate surface area is 166 Å². The Morgan fingerprint density at radius 1 is 0.786 bits per heavy atom. The average molecular weight is 384 g/mol. The van der Waals surface area contributed by atoms with E-state index in [1.807, 2.05) is 42.5 Å². The van der Waals surface area contributed by atoms with Gasteiger partial charge in [0.15, 0.2) is 5.60 Å². The monoisotopic (exact) mass is 384 g/mol. The summed E-state index contributed by atoms with van der Waals surface area (Å²) >= 11 is 0. The maximum absolute atomic E-state index is 11.9. The Hall–Kier alpha value is -2.66. The van der Waals surface area contributed by atoms with E-state index in [0.717, 1.165) is 11.1 Å². The van der Waals surface area contributed by atoms with Crippen LogP contribution < -0.4 is 0 Å². The molecule has 0 aliphatic carbocycles. The zero-order chi connectivity index (χ0) is 20.7. The second-order valence-corrected chi connectivity index (χ2v) is 7.50. The predicted molar refractivity (Wildman–Crippen MR) is 107 cm³/mol. The fourth-order valence-electron chi connectivity index (χ4n) is 2.53. The highest BCUT2D eigenvalue weighted by molar-refractivity contribution is 5.72. The van der Waals surface area contributed by atoms with Crippen LogP contribution in [0.1, 0.15) is 33.3 Å². The summed E-state index contributed by atoms with van der Waals surface area (Å²) in [5, 5.41) is 11.2. The van der Waals surface area contributed by atoms with Crippen molar-refractivity contribution in [2.24, 2.45) is 11.8 Å². The van der Waals surface area contributed by atoms with Gasteiger partial charge in [-0.15, -0.1) is 0 Å². The zero-order valence-electron chi connectivity index (χ0n) is 16.8. The molecule has 5 nitrogen and oxygen atoms in total. The molecular weight excluding hydrogens is 356 g/mol. The van der Waals surface area contributed by atoms with E-state index in [4.69, 9.17) is 9.47 Å². The van der Waals surface area contributed by atoms with Gasteiger partial charge in [-0.2, -0.15) is 0 Å². The fraction of sp³-hybridized carbons (Fsp3) is 0.391. The average Bonchev–Trinajstić information content (AvgIpc) is 2.70. The van der Waals surface area contributed by atoms with E-state index in [9.17, 15) is 14.7 Å². The number of rotatable bonds is 8. The van der Waals surface area contributed by atoms with Crippen LogP contribution in [0.15, 0.2) is 54.6 Å². The molecular formula is C23H28O5. The molecule has 0 radical (unpaired) electrons. The molecule has 0 atom stereocenters. The lowest BCUT2D eigenvalue weighted by atomic mass is 9.93. The molecule has 0 aliphatic heterocycles. The third-order valence-corrected chi connectivity index (χ3v) is 4.38. The van der Waals surface area contributed by atoms with Gasteiger partial charge < -0.3 is 14.6 Å². The first-order chi connectivity index (χ1) is 13.2. The number of benzene rings is 2. The maximum Gasteiger partial charge on any atom is 0.308 e. The minimum Gasteiger partial charge on any atom is -0.462 e. The first-order valence-corrected chi connectivity index (χ1v) is 9.44. The van der Waals surface area contributed by atoms with Crippen LogP contribution in [0.5, 0.6) is 0 Å². The number of aliphatic hydroxyl groups is 1. The Morgan fingerprint density at radius 2 is 1.21 bits per heavy atom. The van der Waals surface area contributed by atoms with Crippen LogP contribution in [0.2, 0.25) is 0 Å². The molecule has 5 heteroatoms. The van der Waals surface area contributed by atoms with E-state index in [1.54, 1.807) is 39.8 Å². The molecule has 28 heavy (non-hydrogen) atoms. The molecule has 1 N–H and O–H groups in total. The van der Waals surface area contributed by atoms with Crippen LogP contribution in [0.3, 0.4) is 0 Å². The highest BCUT2D eigenvalue weighted by atomic mass is 16.6. The van der Waals surface area contributed by atoms with E-state index in [0.29, 0.717) is 5.56 Å². The third kappa shape index (κ3) is 5.67. The van der Waals surface area contributed by atoms with Crippen molar-refractivity contribution in [3.05, 3.63) is 60.2 Å². The van der Waals surface area contributed by atoms with Crippen molar-refractivity contribution in [1.29, 1.82) is 0 Å². The Bertz CT molecular complexity index is 754. The summed E-state index contributed by atoms with van der Waals surface area (Å²) in [6, 6.07) is 17.1. The molecule has 0 fully saturated rings. The van der Waals surface area contributed by atoms with Crippen molar-refractivity contribution < 1.29 is 24.2 Å². The topological polar surface area (TPSA) is 72.8 Å². The second kappa shape index (κ2) is 9.51. The van der Waals surface area contributed by atoms with Gasteiger partial charge in [0.2, 0.25) is 0 Å². The summed E-state index contributed by atoms with van der Waals surface area (Å²) in [5.41, 5.74) is 0.935. The van der Waals surface area contributed by atoms with Crippen LogP contribution in [-0.4, -0.2) is 30.3 Å². The number of esters is 2. The van der Waals surface area contributed by atoms with Gasteiger partial charge in [-0.05, 0) is 16.7 Å². The van der Waals surface area contributed by atoms with E-state index in [2.05, 4.69) is 0 Å². The molecule has 150 valence electrons. The molecule has 0 saturated carbocycles. The second-order valence-electron chi connectivity index (χ2n) is 7.50. The maximum atomic E-state index is 11.9. The molecule has 0 spiro atoms. The lowest BCUT2D eigenvalue weighted by Gasteiger charge is -2.28. The van der Waals surface area contributed by atoms with Gasteiger partial charge in [-0.3, -0.25) is 9.59 Å². The summed E-state index contributed by atoms with van der Waals surface area (Å²) in [4.78, 5) is 23.7. The molecule has 2 aromatic carbocycles. The lowest BCUT2D eigenvalue weighted by Crippen LogP contribution is -2.39. The summed E-state index contributed by atoms with van der Waals surface area (Å²) in [7, 11) is 0. The minimum absolute atomic E-state index is 0.292. The van der Waals surface area contributed by atoms with Gasteiger partial charge in [-0.1, -0.05) is 82.3 Å². The largest absolute Gasteiger partial charge is 0.462 e. The molecule has 0 bridgehead atoms. The molecule has 2 aromatic rings. The number of carbonyl (C=O) groups is 2. The Balaban J connectivity index is 2.23. The van der Waals surface area contributed by atoms with Crippen LogP contribution >= 0.6 is 0 Å². The highest BCUT2D eigenvalue weighted by Crippen LogP contribution is 2.27. The molecule has 0 saturated heterocycles. The summed E-state index contributed by atoms with van der Waals surface area (Å²) in [6.45, 7) is 6.29. The van der Waals surface area contributed by atoms with Gasteiger partial charge in [0.05, 0.1) is 11.8 Å². The molecule has 0 aliphatic rings. The molecule has 0 aromatic heterocycles. The molecule has 0 heterocycles. The zero-order valence-corrected chi connectivity index (χ0v) is 16.8. The number of hydrogen-bond acceptors (Lipinski definition) is 5. The standard InChI is InChI=1S/C23H28O5/c1-16(2)21(24)27-14-23(26,15-28-22(25)17(3)4)20-12-10-19(11-13-20)18-8-6-5-7-9-18/h5-13,16-17,26H,14-15H2,1-4H3. The van der Waals surface area contributed by atoms with Crippen LogP contribution in [0.25, 0.3) is 11.1 Å². The van der Waals surface area contributed by atoms with Crippen LogP contribution in [0.4, 0.5) is 0 Å². The van der Waals surface area contributed by atoms with Crippen molar-refractivity contribution in [1.82, 2.24) is 0 Å². The first kappa shape index (κ1) is 21.6. The molecule has 0 unspecified atom stereocenters. The van der Waals surface area contributed by atoms with Gasteiger partial charge in [0, 0.05) is 0 Å². The van der Waals surface area contributed by atoms with Crippen molar-refractivity contribution in [3.63, 3.8) is 0 Å². The lowest BCUT2D eigenvalue weighted by molar-refractivity contribution is -0.168. The van der Waals surface area contributed by atoms with Gasteiger partial charge in [0.1, 0.15) is 13.2 Å². The summed E-state index contributed by atoms with van der Waals surface area (Å²) in [6.07, 6.45) is 0. The molecule has 0 amide bonds. The smallest absolute Gasteiger partial charge is 0.308 e. The quantitative estimate of drug-likeness (QED) is 0.698. The fourth-order valence-corrected chi connectivity index (χ4v) is 2.53. The normalized spacial score (nSPS) is 11.5. The van der Waals surface area contributed by atoms with Crippen molar-refractivity contribution >= 4 is 11.9 Å². The van der Waals surface area contributed by atoms with Crippen LogP contribution in [0, 0.1) is 11.8 Å². The van der Waals surface area contributed by atoms with E-state index < -0.39 is 17.5 Å². The number of ether oxygens (including phenoxy) is 2. The van der Waals surface area contributed by atoms with Gasteiger partial charge in [-0.25, -0.2) is 0 Å². The van der Waals surface area contributed by atoms with Gasteiger partial charge >= 0.3 is 11.9 Å². The van der Waals surface area contributed by atoms with Crippen molar-refractivity contribution in [2.45, 2.75) is 33.3 Å². The van der Waals surface area contributed by atoms with Gasteiger partial charge in [0.25, 0.3) is 0 Å². The van der Waals surface area contributed by atoms with E-state index in [1.165, 1.54) is 0 Å². The van der Waals surface area contributed by atoms with E-state index >= 15 is 0 Å². The van der Waals surface area contributed by atoms with Crippen molar-refractivity contribution in [2.75, 3.05) is 13.2 Å². The Morgan fingerprint density at radius 3 is 1.64 bits per heavy atom. The first-order valence-electron chi connectivity index (χ1n) is 9.44. The van der Waals surface area contributed by atoms with E-state index in [-0.39, 0.29) is 25.0 Å². The highest BCUT2D eigenvalue weighted by Gasteiger charge is 2.34. The number of carbonyl (C=O) groups excluding carboxylic acids is 2. The Kier molecular flexibility index (Phi) is 7.35. The molecule has 2 rings (SSSR count). The summed E-state index contributed by atoms with van der Waals surface area (Å²) < 4.78 is 10.5. The van der Waals surface area contributed by atoms with Crippen LogP contribution in [-0.2, 0) is 24.7 Å². The number of hydrogen-bond donors (Lipinski definition) is 1. The SMILES string of the molecule is CC(C)C(=O)OCC(O)(COC(=O)C(C)C)c1ccc(-c2ccccc2)cc1. The summed E-state index contributed by atoms with van der Waals surface area (Å²) in [5.74, 6) is -1.48. The predicted octanol–water partition coefficient (Wildman–Crippen LogP) is 3.94. The van der Waals surface area contributed by atoms with Crippen molar-refractivity contribution in [3.8, 4) is 11.1 Å². The third-order valence-electron chi connectivity index (χ3n) is 4.38. The minimum atomic E-state index is -1.62.